The summed E-state index contributed by atoms with van der Waals surface area (Å²) in [5.41, 5.74) is 6.61. The Hall–Kier alpha value is -2.95. The van der Waals surface area contributed by atoms with E-state index in [-0.39, 0.29) is 12.3 Å². The Morgan fingerprint density at radius 1 is 1.29 bits per heavy atom. The van der Waals surface area contributed by atoms with E-state index in [0.717, 1.165) is 0 Å². The molecule has 0 saturated carbocycles. The smallest absolute Gasteiger partial charge is 0.326 e. The molecule has 4 atom stereocenters. The Kier molecular flexibility index (Phi) is 8.55. The monoisotopic (exact) mass is 436 g/mol. The van der Waals surface area contributed by atoms with Crippen LogP contribution >= 0.6 is 0 Å². The maximum absolute atomic E-state index is 12.9. The first-order valence-corrected chi connectivity index (χ1v) is 10.5. The lowest BCUT2D eigenvalue weighted by atomic mass is 10.0. The number of imidazole rings is 1. The zero-order valence-electron chi connectivity index (χ0n) is 18.1. The Balaban J connectivity index is 1.95. The number of nitrogens with one attached hydrogen (secondary N) is 3. The maximum atomic E-state index is 12.9. The van der Waals surface area contributed by atoms with E-state index >= 15 is 0 Å². The first-order chi connectivity index (χ1) is 14.6. The Morgan fingerprint density at radius 3 is 2.58 bits per heavy atom. The highest BCUT2D eigenvalue weighted by molar-refractivity contribution is 5.94. The van der Waals surface area contributed by atoms with Crippen LogP contribution in [-0.4, -0.2) is 74.4 Å². The van der Waals surface area contributed by atoms with Crippen LogP contribution in [0.5, 0.6) is 0 Å². The van der Waals surface area contributed by atoms with E-state index in [0.29, 0.717) is 31.5 Å². The Bertz CT molecular complexity index is 781. The van der Waals surface area contributed by atoms with Gasteiger partial charge in [0.15, 0.2) is 0 Å². The molecular formula is C20H32N6O5. The molecule has 0 radical (unpaired) electrons. The highest BCUT2D eigenvalue weighted by atomic mass is 16.4. The molecule has 0 bridgehead atoms. The third-order valence-electron chi connectivity index (χ3n) is 5.22. The molecule has 1 aromatic rings. The number of aromatic amines is 1. The number of carbonyl (C=O) groups excluding carboxylic acids is 3. The van der Waals surface area contributed by atoms with Crippen LogP contribution in [0.25, 0.3) is 0 Å². The molecule has 2 heterocycles. The normalized spacial score (nSPS) is 19.0. The molecule has 1 aliphatic heterocycles. The van der Waals surface area contributed by atoms with Crippen LogP contribution in [0.3, 0.4) is 0 Å². The average Bonchev–Trinajstić information content (AvgIpc) is 3.38. The van der Waals surface area contributed by atoms with E-state index in [9.17, 15) is 24.3 Å². The number of hydrogen-bond acceptors (Lipinski definition) is 6. The summed E-state index contributed by atoms with van der Waals surface area (Å²) in [5.74, 6) is -2.41. The van der Waals surface area contributed by atoms with E-state index < -0.39 is 47.9 Å². The van der Waals surface area contributed by atoms with Crippen molar-refractivity contribution < 1.29 is 24.3 Å². The number of carboxylic acid groups (broad SMARTS) is 1. The molecule has 1 aromatic heterocycles. The lowest BCUT2D eigenvalue weighted by molar-refractivity contribution is -0.145. The zero-order valence-corrected chi connectivity index (χ0v) is 18.1. The molecule has 11 heteroatoms. The van der Waals surface area contributed by atoms with Gasteiger partial charge in [-0.3, -0.25) is 14.4 Å². The predicted molar refractivity (Wildman–Crippen MR) is 112 cm³/mol. The fourth-order valence-electron chi connectivity index (χ4n) is 3.62. The molecule has 6 N–H and O–H groups in total. The minimum absolute atomic E-state index is 0.0870. The van der Waals surface area contributed by atoms with Crippen LogP contribution in [0, 0.1) is 5.92 Å². The third-order valence-corrected chi connectivity index (χ3v) is 5.22. The quantitative estimate of drug-likeness (QED) is 0.326. The summed E-state index contributed by atoms with van der Waals surface area (Å²) in [6.07, 6.45) is 4.65. The summed E-state index contributed by atoms with van der Waals surface area (Å²) in [6, 6.07) is -3.51. The average molecular weight is 437 g/mol. The molecule has 4 unspecified atom stereocenters. The van der Waals surface area contributed by atoms with Gasteiger partial charge in [-0.15, -0.1) is 0 Å². The van der Waals surface area contributed by atoms with Crippen molar-refractivity contribution in [3.63, 3.8) is 0 Å². The fourth-order valence-corrected chi connectivity index (χ4v) is 3.62. The standard InChI is InChI=1S/C20H32N6O5/c1-11(2)7-15(20(30)31)25-18(28)16-5-4-6-26(16)19(29)12(3)24-17(27)14(21)8-13-9-22-10-23-13/h9-12,14-16H,4-8,21H2,1-3H3,(H,22,23)(H,24,27)(H,25,28)(H,30,31). The number of carbonyl (C=O) groups is 4. The Labute approximate surface area is 181 Å². The van der Waals surface area contributed by atoms with Gasteiger partial charge in [0, 0.05) is 24.9 Å². The second kappa shape index (κ2) is 10.9. The summed E-state index contributed by atoms with van der Waals surface area (Å²) in [4.78, 5) is 57.5. The highest BCUT2D eigenvalue weighted by Gasteiger charge is 2.38. The number of aliphatic carboxylic acids is 1. The van der Waals surface area contributed by atoms with E-state index in [1.807, 2.05) is 13.8 Å². The summed E-state index contributed by atoms with van der Waals surface area (Å²) in [5, 5.41) is 14.5. The summed E-state index contributed by atoms with van der Waals surface area (Å²) in [6.45, 7) is 5.64. The maximum Gasteiger partial charge on any atom is 0.326 e. The zero-order chi connectivity index (χ0) is 23.1. The van der Waals surface area contributed by atoms with Crippen LogP contribution in [0.2, 0.25) is 0 Å². The molecule has 11 nitrogen and oxygen atoms in total. The summed E-state index contributed by atoms with van der Waals surface area (Å²) >= 11 is 0. The first-order valence-electron chi connectivity index (χ1n) is 10.5. The van der Waals surface area contributed by atoms with Crippen molar-refractivity contribution in [2.24, 2.45) is 11.7 Å². The molecular weight excluding hydrogens is 404 g/mol. The molecule has 1 aliphatic rings. The number of amides is 3. The van der Waals surface area contributed by atoms with Crippen LogP contribution in [0.1, 0.15) is 45.7 Å². The van der Waals surface area contributed by atoms with Gasteiger partial charge in [0.2, 0.25) is 17.7 Å². The highest BCUT2D eigenvalue weighted by Crippen LogP contribution is 2.19. The van der Waals surface area contributed by atoms with Crippen LogP contribution in [0.4, 0.5) is 0 Å². The second-order valence-corrected chi connectivity index (χ2v) is 8.34. The molecule has 0 aromatic carbocycles. The fraction of sp³-hybridized carbons (Fsp3) is 0.650. The number of nitrogens with two attached hydrogens (primary N) is 1. The lowest BCUT2D eigenvalue weighted by Gasteiger charge is -2.28. The topological polar surface area (TPSA) is 171 Å². The van der Waals surface area contributed by atoms with E-state index in [4.69, 9.17) is 5.73 Å². The van der Waals surface area contributed by atoms with Crippen molar-refractivity contribution in [2.75, 3.05) is 6.54 Å². The largest absolute Gasteiger partial charge is 0.480 e. The van der Waals surface area contributed by atoms with Crippen molar-refractivity contribution in [1.82, 2.24) is 25.5 Å². The molecule has 31 heavy (non-hydrogen) atoms. The van der Waals surface area contributed by atoms with Crippen molar-refractivity contribution in [1.29, 1.82) is 0 Å². The summed E-state index contributed by atoms with van der Waals surface area (Å²) < 4.78 is 0. The molecule has 2 rings (SSSR count). The molecule has 172 valence electrons. The van der Waals surface area contributed by atoms with Gasteiger partial charge in [0.1, 0.15) is 18.1 Å². The SMILES string of the molecule is CC(C)CC(NC(=O)C1CCCN1C(=O)C(C)NC(=O)C(N)Cc1cnc[nH]1)C(=O)O. The van der Waals surface area contributed by atoms with E-state index in [2.05, 4.69) is 20.6 Å². The van der Waals surface area contributed by atoms with Gasteiger partial charge in [0.25, 0.3) is 0 Å². The molecule has 3 amide bonds. The van der Waals surface area contributed by atoms with Crippen molar-refractivity contribution in [3.05, 3.63) is 18.2 Å². The van der Waals surface area contributed by atoms with Gasteiger partial charge in [-0.1, -0.05) is 13.8 Å². The number of hydrogen-bond donors (Lipinski definition) is 5. The minimum Gasteiger partial charge on any atom is -0.480 e. The Morgan fingerprint density at radius 2 is 2.00 bits per heavy atom. The number of carboxylic acids is 1. The van der Waals surface area contributed by atoms with E-state index in [1.165, 1.54) is 18.2 Å². The summed E-state index contributed by atoms with van der Waals surface area (Å²) in [7, 11) is 0. The number of rotatable bonds is 10. The second-order valence-electron chi connectivity index (χ2n) is 8.34. The molecule has 1 fully saturated rings. The molecule has 0 spiro atoms. The van der Waals surface area contributed by atoms with Gasteiger partial charge >= 0.3 is 5.97 Å². The van der Waals surface area contributed by atoms with Gasteiger partial charge < -0.3 is 31.4 Å². The first kappa shape index (κ1) is 24.3. The number of nitrogens with zero attached hydrogens (tertiary/aromatic N) is 2. The lowest BCUT2D eigenvalue weighted by Crippen LogP contribution is -2.56. The van der Waals surface area contributed by atoms with Crippen molar-refractivity contribution in [2.45, 2.75) is 70.6 Å². The molecule has 0 aliphatic carbocycles. The number of aromatic nitrogens is 2. The van der Waals surface area contributed by atoms with Gasteiger partial charge in [0.05, 0.1) is 12.4 Å². The van der Waals surface area contributed by atoms with Crippen LogP contribution in [0.15, 0.2) is 12.5 Å². The van der Waals surface area contributed by atoms with Gasteiger partial charge in [-0.25, -0.2) is 9.78 Å². The molecule has 1 saturated heterocycles. The van der Waals surface area contributed by atoms with Gasteiger partial charge in [-0.05, 0) is 32.1 Å². The number of H-pyrrole nitrogens is 1. The van der Waals surface area contributed by atoms with Crippen molar-refractivity contribution in [3.8, 4) is 0 Å². The third kappa shape index (κ3) is 6.78. The number of likely N-dealkylation sites (tertiary alicyclic amines) is 1. The van der Waals surface area contributed by atoms with Crippen LogP contribution in [-0.2, 0) is 25.6 Å². The predicted octanol–water partition coefficient (Wildman–Crippen LogP) is -0.609. The van der Waals surface area contributed by atoms with Crippen LogP contribution < -0.4 is 16.4 Å². The minimum atomic E-state index is -1.11. The van der Waals surface area contributed by atoms with Crippen molar-refractivity contribution >= 4 is 23.7 Å². The van der Waals surface area contributed by atoms with Gasteiger partial charge in [-0.2, -0.15) is 0 Å². The van der Waals surface area contributed by atoms with E-state index in [1.54, 1.807) is 6.20 Å².